The molecule has 0 saturated carbocycles. The Morgan fingerprint density at radius 3 is 2.33 bits per heavy atom. The Hall–Kier alpha value is -1.52. The summed E-state index contributed by atoms with van der Waals surface area (Å²) in [6.45, 7) is 2.54. The third kappa shape index (κ3) is 2.66. The Kier molecular flexibility index (Phi) is 3.32. The first-order valence-corrected chi connectivity index (χ1v) is 5.82. The quantitative estimate of drug-likeness (QED) is 0.867. The predicted octanol–water partition coefficient (Wildman–Crippen LogP) is 2.95. The number of carbonyl (C=O) groups excluding carboxylic acids is 1. The fourth-order valence-electron chi connectivity index (χ4n) is 2.23. The van der Waals surface area contributed by atoms with Gasteiger partial charge >= 0.3 is 6.18 Å². The van der Waals surface area contributed by atoms with Gasteiger partial charge in [-0.25, -0.2) is 0 Å². The molecule has 1 amide bonds. The van der Waals surface area contributed by atoms with Crippen LogP contribution in [-0.4, -0.2) is 12.5 Å². The van der Waals surface area contributed by atoms with Crippen LogP contribution in [0.3, 0.4) is 0 Å². The van der Waals surface area contributed by atoms with Crippen LogP contribution in [0.15, 0.2) is 24.3 Å². The molecule has 0 aromatic heterocycles. The van der Waals surface area contributed by atoms with Crippen molar-refractivity contribution in [1.82, 2.24) is 5.32 Å². The number of nitrogens with one attached hydrogen (secondary N) is 1. The van der Waals surface area contributed by atoms with Gasteiger partial charge in [0.2, 0.25) is 5.91 Å². The zero-order valence-electron chi connectivity index (χ0n) is 9.92. The smallest absolute Gasteiger partial charge is 0.356 e. The van der Waals surface area contributed by atoms with E-state index in [1.807, 2.05) is 6.92 Å². The second kappa shape index (κ2) is 4.63. The van der Waals surface area contributed by atoms with Crippen LogP contribution in [0, 0.1) is 5.92 Å². The number of alkyl halides is 3. The molecule has 2 unspecified atom stereocenters. The average molecular weight is 257 g/mol. The molecule has 18 heavy (non-hydrogen) atoms. The highest BCUT2D eigenvalue weighted by Crippen LogP contribution is 2.33. The second-order valence-electron chi connectivity index (χ2n) is 4.68. The molecule has 0 spiro atoms. The Bertz CT molecular complexity index is 439. The van der Waals surface area contributed by atoms with Crippen LogP contribution >= 0.6 is 0 Å². The standard InChI is InChI=1S/C13H14F3NO/c1-8(10-6-12(18)17-7-10)9-2-4-11(5-3-9)13(14,15)16/h2-5,8,10H,6-7H2,1H3,(H,17,18). The maximum Gasteiger partial charge on any atom is 0.416 e. The van der Waals surface area contributed by atoms with Crippen LogP contribution in [0.5, 0.6) is 0 Å². The molecule has 2 nitrogen and oxygen atoms in total. The molecule has 0 bridgehead atoms. The number of hydrogen-bond donors (Lipinski definition) is 1. The summed E-state index contributed by atoms with van der Waals surface area (Å²) in [5.41, 5.74) is 0.198. The zero-order valence-corrected chi connectivity index (χ0v) is 9.92. The molecule has 1 aromatic rings. The lowest BCUT2D eigenvalue weighted by atomic mass is 9.86. The number of amides is 1. The molecule has 2 atom stereocenters. The number of rotatable bonds is 2. The summed E-state index contributed by atoms with van der Waals surface area (Å²) >= 11 is 0. The van der Waals surface area contributed by atoms with Gasteiger partial charge in [-0.2, -0.15) is 13.2 Å². The number of carbonyl (C=O) groups is 1. The minimum atomic E-state index is -4.30. The van der Waals surface area contributed by atoms with Crippen molar-refractivity contribution in [2.45, 2.75) is 25.4 Å². The highest BCUT2D eigenvalue weighted by molar-refractivity contribution is 5.78. The molecule has 1 aliphatic rings. The summed E-state index contributed by atoms with van der Waals surface area (Å²) in [4.78, 5) is 11.1. The van der Waals surface area contributed by atoms with E-state index in [-0.39, 0.29) is 17.7 Å². The molecular weight excluding hydrogens is 243 g/mol. The lowest BCUT2D eigenvalue weighted by Crippen LogP contribution is -2.16. The molecule has 1 aromatic carbocycles. The summed E-state index contributed by atoms with van der Waals surface area (Å²) in [7, 11) is 0. The lowest BCUT2D eigenvalue weighted by Gasteiger charge is -2.18. The van der Waals surface area contributed by atoms with Crippen molar-refractivity contribution in [1.29, 1.82) is 0 Å². The van der Waals surface area contributed by atoms with Crippen molar-refractivity contribution in [3.05, 3.63) is 35.4 Å². The molecule has 0 radical (unpaired) electrons. The van der Waals surface area contributed by atoms with E-state index in [1.54, 1.807) is 0 Å². The van der Waals surface area contributed by atoms with Crippen LogP contribution in [0.2, 0.25) is 0 Å². The van der Waals surface area contributed by atoms with Gasteiger partial charge < -0.3 is 5.32 Å². The van der Waals surface area contributed by atoms with E-state index in [0.717, 1.165) is 17.7 Å². The molecule has 98 valence electrons. The van der Waals surface area contributed by atoms with Gasteiger partial charge in [0.25, 0.3) is 0 Å². The predicted molar refractivity (Wildman–Crippen MR) is 61.0 cm³/mol. The summed E-state index contributed by atoms with van der Waals surface area (Å²) in [6, 6.07) is 5.18. The highest BCUT2D eigenvalue weighted by Gasteiger charge is 2.31. The molecular formula is C13H14F3NO. The summed E-state index contributed by atoms with van der Waals surface area (Å²) in [5, 5.41) is 2.74. The molecule has 1 fully saturated rings. The van der Waals surface area contributed by atoms with Crippen molar-refractivity contribution < 1.29 is 18.0 Å². The zero-order chi connectivity index (χ0) is 13.3. The normalized spacial score (nSPS) is 21.8. The first kappa shape index (κ1) is 12.9. The summed E-state index contributed by atoms with van der Waals surface area (Å²) in [6.07, 6.45) is -3.85. The van der Waals surface area contributed by atoms with E-state index < -0.39 is 11.7 Å². The Morgan fingerprint density at radius 2 is 1.89 bits per heavy atom. The monoisotopic (exact) mass is 257 g/mol. The Labute approximate surface area is 103 Å². The maximum absolute atomic E-state index is 12.4. The first-order chi connectivity index (χ1) is 8.38. The minimum absolute atomic E-state index is 0.0127. The Balaban J connectivity index is 2.12. The maximum atomic E-state index is 12.4. The average Bonchev–Trinajstić information content (AvgIpc) is 2.74. The van der Waals surface area contributed by atoms with Gasteiger partial charge in [-0.3, -0.25) is 4.79 Å². The SMILES string of the molecule is CC(c1ccc(C(F)(F)F)cc1)C1CNC(=O)C1. The van der Waals surface area contributed by atoms with Gasteiger partial charge in [0.1, 0.15) is 0 Å². The fraction of sp³-hybridized carbons (Fsp3) is 0.462. The minimum Gasteiger partial charge on any atom is -0.356 e. The van der Waals surface area contributed by atoms with Crippen molar-refractivity contribution in [2.75, 3.05) is 6.54 Å². The number of halogens is 3. The third-order valence-electron chi connectivity index (χ3n) is 3.48. The van der Waals surface area contributed by atoms with Crippen molar-refractivity contribution in [2.24, 2.45) is 5.92 Å². The fourth-order valence-corrected chi connectivity index (χ4v) is 2.23. The molecule has 1 N–H and O–H groups in total. The highest BCUT2D eigenvalue weighted by atomic mass is 19.4. The van der Waals surface area contributed by atoms with Crippen molar-refractivity contribution >= 4 is 5.91 Å². The third-order valence-corrected chi connectivity index (χ3v) is 3.48. The van der Waals surface area contributed by atoms with Crippen molar-refractivity contribution in [3.8, 4) is 0 Å². The van der Waals surface area contributed by atoms with Crippen LogP contribution in [0.25, 0.3) is 0 Å². The van der Waals surface area contributed by atoms with E-state index in [0.29, 0.717) is 13.0 Å². The molecule has 1 aliphatic heterocycles. The lowest BCUT2D eigenvalue weighted by molar-refractivity contribution is -0.137. The molecule has 1 heterocycles. The summed E-state index contributed by atoms with van der Waals surface area (Å²) < 4.78 is 37.3. The van der Waals surface area contributed by atoms with Gasteiger partial charge in [0.15, 0.2) is 0 Å². The van der Waals surface area contributed by atoms with Crippen LogP contribution in [0.4, 0.5) is 13.2 Å². The van der Waals surface area contributed by atoms with Gasteiger partial charge in [0, 0.05) is 13.0 Å². The molecule has 1 saturated heterocycles. The molecule has 0 aliphatic carbocycles. The van der Waals surface area contributed by atoms with E-state index >= 15 is 0 Å². The Morgan fingerprint density at radius 1 is 1.28 bits per heavy atom. The molecule has 2 rings (SSSR count). The van der Waals surface area contributed by atoms with Gasteiger partial charge in [-0.15, -0.1) is 0 Å². The van der Waals surface area contributed by atoms with Crippen LogP contribution in [0.1, 0.15) is 30.4 Å². The largest absolute Gasteiger partial charge is 0.416 e. The van der Waals surface area contributed by atoms with Crippen LogP contribution < -0.4 is 5.32 Å². The van der Waals surface area contributed by atoms with E-state index in [4.69, 9.17) is 0 Å². The summed E-state index contributed by atoms with van der Waals surface area (Å²) in [5.74, 6) is 0.249. The van der Waals surface area contributed by atoms with Gasteiger partial charge in [-0.1, -0.05) is 19.1 Å². The van der Waals surface area contributed by atoms with Crippen LogP contribution in [-0.2, 0) is 11.0 Å². The van der Waals surface area contributed by atoms with Crippen molar-refractivity contribution in [3.63, 3.8) is 0 Å². The molecule has 5 heteroatoms. The first-order valence-electron chi connectivity index (χ1n) is 5.82. The van der Waals surface area contributed by atoms with E-state index in [2.05, 4.69) is 5.32 Å². The van der Waals surface area contributed by atoms with Gasteiger partial charge in [0.05, 0.1) is 5.56 Å². The second-order valence-corrected chi connectivity index (χ2v) is 4.68. The topological polar surface area (TPSA) is 29.1 Å². The van der Waals surface area contributed by atoms with E-state index in [9.17, 15) is 18.0 Å². The van der Waals surface area contributed by atoms with Gasteiger partial charge in [-0.05, 0) is 29.5 Å². The van der Waals surface area contributed by atoms with E-state index in [1.165, 1.54) is 12.1 Å². The number of benzene rings is 1. The number of hydrogen-bond acceptors (Lipinski definition) is 1.